The van der Waals surface area contributed by atoms with Gasteiger partial charge in [0.05, 0.1) is 22.2 Å². The monoisotopic (exact) mass is 499 g/mol. The highest BCUT2D eigenvalue weighted by Gasteiger charge is 2.33. The molecule has 1 N–H and O–H groups in total. The van der Waals surface area contributed by atoms with Gasteiger partial charge in [0, 0.05) is 26.7 Å². The molecule has 176 valence electrons. The summed E-state index contributed by atoms with van der Waals surface area (Å²) in [5.74, 6) is 0.906. The van der Waals surface area contributed by atoms with E-state index >= 15 is 0 Å². The highest BCUT2D eigenvalue weighted by Crippen LogP contribution is 2.39. The lowest BCUT2D eigenvalue weighted by atomic mass is 10.2. The van der Waals surface area contributed by atoms with Crippen molar-refractivity contribution in [3.63, 3.8) is 0 Å². The number of aliphatic imine (C=N–C) groups is 1. The quantitative estimate of drug-likeness (QED) is 0.257. The van der Waals surface area contributed by atoms with Crippen LogP contribution in [0, 0.1) is 6.92 Å². The van der Waals surface area contributed by atoms with Crippen molar-refractivity contribution in [1.29, 1.82) is 0 Å². The summed E-state index contributed by atoms with van der Waals surface area (Å²) in [6.07, 6.45) is -4.58. The SMILES string of the molecule is C/N=C(/c1nn(-c2c(Cl)cc(C(F)(F)F)cc2Cl)c(NC)c1C)N(C)OCc1ccccc1. The maximum atomic E-state index is 13.1. The first-order valence-corrected chi connectivity index (χ1v) is 10.6. The van der Waals surface area contributed by atoms with Crippen molar-refractivity contribution in [2.24, 2.45) is 4.99 Å². The molecule has 0 bridgehead atoms. The van der Waals surface area contributed by atoms with Gasteiger partial charge in [0.2, 0.25) is 0 Å². The molecule has 1 heterocycles. The zero-order chi connectivity index (χ0) is 24.3. The van der Waals surface area contributed by atoms with E-state index in [4.69, 9.17) is 28.0 Å². The summed E-state index contributed by atoms with van der Waals surface area (Å²) >= 11 is 12.4. The Kier molecular flexibility index (Phi) is 7.56. The molecule has 11 heteroatoms. The smallest absolute Gasteiger partial charge is 0.373 e. The van der Waals surface area contributed by atoms with E-state index in [0.29, 0.717) is 29.5 Å². The van der Waals surface area contributed by atoms with Crippen molar-refractivity contribution in [3.8, 4) is 5.69 Å². The first-order chi connectivity index (χ1) is 15.6. The van der Waals surface area contributed by atoms with E-state index in [9.17, 15) is 13.2 Å². The number of anilines is 1. The third kappa shape index (κ3) is 5.26. The molecule has 2 aromatic carbocycles. The molecule has 0 radical (unpaired) electrons. The third-order valence-corrected chi connectivity index (χ3v) is 5.48. The molecule has 0 spiro atoms. The molecule has 3 aromatic rings. The van der Waals surface area contributed by atoms with Gasteiger partial charge < -0.3 is 5.32 Å². The van der Waals surface area contributed by atoms with E-state index in [1.165, 1.54) is 9.75 Å². The standard InChI is InChI=1S/C22H22Cl2F3N5O/c1-13-18(21(29-3)31(4)33-12-14-8-6-5-7-9-14)30-32(20(13)28-2)19-16(23)10-15(11-17(19)24)22(25,26)27/h5-11,28H,12H2,1-4H3/b29-21-. The van der Waals surface area contributed by atoms with Gasteiger partial charge >= 0.3 is 6.18 Å². The lowest BCUT2D eigenvalue weighted by Gasteiger charge is -2.19. The van der Waals surface area contributed by atoms with Crippen LogP contribution in [0.15, 0.2) is 47.5 Å². The average Bonchev–Trinajstić information content (AvgIpc) is 3.08. The van der Waals surface area contributed by atoms with Crippen LogP contribution in [0.3, 0.4) is 0 Å². The van der Waals surface area contributed by atoms with E-state index in [1.807, 2.05) is 30.3 Å². The number of hydrogen-bond acceptors (Lipinski definition) is 4. The van der Waals surface area contributed by atoms with Crippen molar-refractivity contribution < 1.29 is 18.0 Å². The summed E-state index contributed by atoms with van der Waals surface area (Å²) in [4.78, 5) is 10.1. The number of hydroxylamine groups is 2. The first-order valence-electron chi connectivity index (χ1n) is 9.80. The van der Waals surface area contributed by atoms with E-state index in [-0.39, 0.29) is 15.7 Å². The Labute approximate surface area is 199 Å². The Hall–Kier alpha value is -2.75. The fourth-order valence-corrected chi connectivity index (χ4v) is 3.94. The van der Waals surface area contributed by atoms with Crippen LogP contribution in [0.5, 0.6) is 0 Å². The number of alkyl halides is 3. The summed E-state index contributed by atoms with van der Waals surface area (Å²) in [5.41, 5.74) is 1.28. The van der Waals surface area contributed by atoms with Gasteiger partial charge in [-0.15, -0.1) is 0 Å². The number of rotatable bonds is 6. The molecule has 3 rings (SSSR count). The number of amidine groups is 1. The van der Waals surface area contributed by atoms with Gasteiger partial charge in [0.15, 0.2) is 5.84 Å². The number of nitrogens with one attached hydrogen (secondary N) is 1. The van der Waals surface area contributed by atoms with Gasteiger partial charge in [-0.05, 0) is 24.6 Å². The Balaban J connectivity index is 2.00. The molecule has 0 unspecified atom stereocenters. The number of hydrogen-bond donors (Lipinski definition) is 1. The summed E-state index contributed by atoms with van der Waals surface area (Å²) in [5, 5.41) is 8.67. The molecule has 0 aliphatic heterocycles. The van der Waals surface area contributed by atoms with Gasteiger partial charge in [-0.1, -0.05) is 53.5 Å². The maximum absolute atomic E-state index is 13.1. The van der Waals surface area contributed by atoms with E-state index in [1.54, 1.807) is 28.1 Å². The van der Waals surface area contributed by atoms with Gasteiger partial charge in [-0.2, -0.15) is 18.3 Å². The largest absolute Gasteiger partial charge is 0.416 e. The number of aromatic nitrogens is 2. The fraction of sp³-hybridized carbons (Fsp3) is 0.273. The second-order valence-corrected chi connectivity index (χ2v) is 7.89. The van der Waals surface area contributed by atoms with Crippen molar-refractivity contribution in [1.82, 2.24) is 14.8 Å². The summed E-state index contributed by atoms with van der Waals surface area (Å²) < 4.78 is 40.8. The van der Waals surface area contributed by atoms with E-state index in [0.717, 1.165) is 17.7 Å². The van der Waals surface area contributed by atoms with Crippen LogP contribution < -0.4 is 5.32 Å². The van der Waals surface area contributed by atoms with Crippen molar-refractivity contribution >= 4 is 34.9 Å². The summed E-state index contributed by atoms with van der Waals surface area (Å²) in [6, 6.07) is 11.3. The summed E-state index contributed by atoms with van der Waals surface area (Å²) in [7, 11) is 4.95. The van der Waals surface area contributed by atoms with Crippen LogP contribution in [0.25, 0.3) is 5.69 Å². The first kappa shape index (κ1) is 24.9. The normalized spacial score (nSPS) is 12.2. The lowest BCUT2D eigenvalue weighted by molar-refractivity contribution is -0.137. The Bertz CT molecular complexity index is 1140. The molecule has 0 aliphatic carbocycles. The minimum atomic E-state index is -4.58. The van der Waals surface area contributed by atoms with Crippen molar-refractivity contribution in [2.75, 3.05) is 26.5 Å². The highest BCUT2D eigenvalue weighted by atomic mass is 35.5. The number of halogens is 5. The highest BCUT2D eigenvalue weighted by molar-refractivity contribution is 6.38. The molecule has 33 heavy (non-hydrogen) atoms. The average molecular weight is 500 g/mol. The maximum Gasteiger partial charge on any atom is 0.416 e. The minimum absolute atomic E-state index is 0.119. The van der Waals surface area contributed by atoms with E-state index < -0.39 is 11.7 Å². The topological polar surface area (TPSA) is 54.7 Å². The molecule has 0 saturated heterocycles. The van der Waals surface area contributed by atoms with Crippen molar-refractivity contribution in [2.45, 2.75) is 19.7 Å². The predicted molar refractivity (Wildman–Crippen MR) is 124 cm³/mol. The molecule has 0 atom stereocenters. The predicted octanol–water partition coefficient (Wildman–Crippen LogP) is 5.99. The molecule has 0 amide bonds. The zero-order valence-corrected chi connectivity index (χ0v) is 19.8. The Morgan fingerprint density at radius 3 is 2.30 bits per heavy atom. The van der Waals surface area contributed by atoms with Crippen LogP contribution in [0.2, 0.25) is 10.0 Å². The number of benzene rings is 2. The fourth-order valence-electron chi connectivity index (χ4n) is 3.30. The Morgan fingerprint density at radius 1 is 1.18 bits per heavy atom. The zero-order valence-electron chi connectivity index (χ0n) is 18.3. The minimum Gasteiger partial charge on any atom is -0.373 e. The third-order valence-electron chi connectivity index (χ3n) is 4.90. The molecule has 0 aliphatic rings. The molecule has 0 fully saturated rings. The van der Waals surface area contributed by atoms with E-state index in [2.05, 4.69) is 15.4 Å². The molecule has 1 aromatic heterocycles. The second-order valence-electron chi connectivity index (χ2n) is 7.07. The molecule has 6 nitrogen and oxygen atoms in total. The van der Waals surface area contributed by atoms with Crippen LogP contribution in [-0.2, 0) is 17.6 Å². The van der Waals surface area contributed by atoms with Crippen LogP contribution >= 0.6 is 23.2 Å². The molecule has 0 saturated carbocycles. The van der Waals surface area contributed by atoms with Gasteiger partial charge in [-0.25, -0.2) is 9.75 Å². The van der Waals surface area contributed by atoms with Gasteiger partial charge in [0.1, 0.15) is 17.2 Å². The molecular weight excluding hydrogens is 478 g/mol. The lowest BCUT2D eigenvalue weighted by Crippen LogP contribution is -2.29. The van der Waals surface area contributed by atoms with Crippen molar-refractivity contribution in [3.05, 3.63) is 74.9 Å². The summed E-state index contributed by atoms with van der Waals surface area (Å²) in [6.45, 7) is 2.11. The van der Waals surface area contributed by atoms with Gasteiger partial charge in [-0.3, -0.25) is 9.83 Å². The second kappa shape index (κ2) is 10.0. The molecular formula is C22H22Cl2F3N5O. The van der Waals surface area contributed by atoms with Crippen LogP contribution in [0.1, 0.15) is 22.4 Å². The Morgan fingerprint density at radius 2 is 1.79 bits per heavy atom. The number of nitrogens with zero attached hydrogens (tertiary/aromatic N) is 4. The van der Waals surface area contributed by atoms with Gasteiger partial charge in [0.25, 0.3) is 0 Å². The van der Waals surface area contributed by atoms with Crippen LogP contribution in [0.4, 0.5) is 19.0 Å². The van der Waals surface area contributed by atoms with Crippen LogP contribution in [-0.4, -0.2) is 41.8 Å².